The summed E-state index contributed by atoms with van der Waals surface area (Å²) in [6.07, 6.45) is 1.83. The second-order valence-corrected chi connectivity index (χ2v) is 5.62. The van der Waals surface area contributed by atoms with E-state index in [4.69, 9.17) is 0 Å². The summed E-state index contributed by atoms with van der Waals surface area (Å²) in [6.45, 7) is 5.32. The lowest BCUT2D eigenvalue weighted by Gasteiger charge is -2.26. The Morgan fingerprint density at radius 1 is 1.00 bits per heavy atom. The smallest absolute Gasteiger partial charge is 0.126 e. The molecule has 1 nitrogen and oxygen atoms in total. The minimum absolute atomic E-state index is 0.105. The van der Waals surface area contributed by atoms with Crippen LogP contribution in [0.5, 0.6) is 0 Å². The van der Waals surface area contributed by atoms with Crippen molar-refractivity contribution >= 4 is 0 Å². The Morgan fingerprint density at radius 2 is 1.67 bits per heavy atom. The van der Waals surface area contributed by atoms with Crippen LogP contribution >= 0.6 is 0 Å². The van der Waals surface area contributed by atoms with Gasteiger partial charge in [-0.05, 0) is 42.5 Å². The fraction of sp³-hybridized carbons (Fsp3) is 0.368. The van der Waals surface area contributed by atoms with Gasteiger partial charge in [-0.15, -0.1) is 0 Å². The van der Waals surface area contributed by atoms with E-state index in [0.29, 0.717) is 5.92 Å². The lowest BCUT2D eigenvalue weighted by molar-refractivity contribution is 0.380. The van der Waals surface area contributed by atoms with Crippen molar-refractivity contribution in [2.75, 3.05) is 6.54 Å². The van der Waals surface area contributed by atoms with Gasteiger partial charge in [-0.25, -0.2) is 4.39 Å². The Bertz CT molecular complexity index is 538. The normalized spacial score (nSPS) is 13.9. The van der Waals surface area contributed by atoms with Gasteiger partial charge in [0.25, 0.3) is 0 Å². The van der Waals surface area contributed by atoms with Crippen molar-refractivity contribution in [1.29, 1.82) is 0 Å². The zero-order valence-electron chi connectivity index (χ0n) is 12.9. The van der Waals surface area contributed by atoms with E-state index in [1.54, 1.807) is 12.1 Å². The molecule has 0 spiro atoms. The third-order valence-electron chi connectivity index (χ3n) is 3.84. The van der Waals surface area contributed by atoms with E-state index in [0.717, 1.165) is 24.9 Å². The molecule has 0 fully saturated rings. The van der Waals surface area contributed by atoms with Crippen LogP contribution in [-0.4, -0.2) is 6.54 Å². The number of rotatable bonds is 7. The van der Waals surface area contributed by atoms with Crippen molar-refractivity contribution in [2.24, 2.45) is 5.92 Å². The van der Waals surface area contributed by atoms with Gasteiger partial charge in [-0.2, -0.15) is 0 Å². The molecule has 2 aromatic rings. The van der Waals surface area contributed by atoms with Crippen LogP contribution in [0.2, 0.25) is 0 Å². The first kappa shape index (κ1) is 15.7. The lowest BCUT2D eigenvalue weighted by atomic mass is 9.89. The van der Waals surface area contributed by atoms with Crippen molar-refractivity contribution in [2.45, 2.75) is 32.7 Å². The summed E-state index contributed by atoms with van der Waals surface area (Å²) in [7, 11) is 0. The average Bonchev–Trinajstić information content (AvgIpc) is 2.51. The quantitative estimate of drug-likeness (QED) is 0.774. The highest BCUT2D eigenvalue weighted by Gasteiger charge is 2.19. The van der Waals surface area contributed by atoms with Gasteiger partial charge in [0, 0.05) is 6.04 Å². The maximum Gasteiger partial charge on any atom is 0.126 e. The van der Waals surface area contributed by atoms with E-state index >= 15 is 0 Å². The molecule has 2 rings (SSSR count). The first-order valence-electron chi connectivity index (χ1n) is 7.74. The van der Waals surface area contributed by atoms with Crippen LogP contribution in [0.25, 0.3) is 0 Å². The molecule has 0 radical (unpaired) electrons. The van der Waals surface area contributed by atoms with E-state index in [2.05, 4.69) is 43.4 Å². The van der Waals surface area contributed by atoms with Gasteiger partial charge in [-0.3, -0.25) is 0 Å². The highest BCUT2D eigenvalue weighted by Crippen LogP contribution is 2.26. The summed E-state index contributed by atoms with van der Waals surface area (Å²) in [5.74, 6) is 0.225. The molecule has 0 aliphatic carbocycles. The summed E-state index contributed by atoms with van der Waals surface area (Å²) < 4.78 is 13.8. The molecule has 0 aromatic heterocycles. The molecule has 0 amide bonds. The number of hydrogen-bond acceptors (Lipinski definition) is 1. The third kappa shape index (κ3) is 4.40. The molecule has 0 bridgehead atoms. The fourth-order valence-corrected chi connectivity index (χ4v) is 2.74. The van der Waals surface area contributed by atoms with Gasteiger partial charge in [0.15, 0.2) is 0 Å². The summed E-state index contributed by atoms with van der Waals surface area (Å²) in [5.41, 5.74) is 2.07. The van der Waals surface area contributed by atoms with Gasteiger partial charge in [-0.1, -0.05) is 62.4 Å². The van der Waals surface area contributed by atoms with Crippen LogP contribution in [-0.2, 0) is 6.42 Å². The zero-order chi connectivity index (χ0) is 15.1. The van der Waals surface area contributed by atoms with E-state index in [-0.39, 0.29) is 11.9 Å². The maximum absolute atomic E-state index is 13.8. The second kappa shape index (κ2) is 7.94. The molecule has 2 heteroatoms. The summed E-state index contributed by atoms with van der Waals surface area (Å²) in [6, 6.07) is 17.8. The molecule has 0 aliphatic rings. The second-order valence-electron chi connectivity index (χ2n) is 5.62. The minimum atomic E-state index is -0.105. The molecule has 2 atom stereocenters. The number of hydrogen-bond donors (Lipinski definition) is 1. The standard InChI is InChI=1S/C19H24FN/c1-3-13-21-19(16-9-5-4-6-10-16)15(2)14-17-11-7-8-12-18(17)20/h4-12,15,19,21H,3,13-14H2,1-2H3. The van der Waals surface area contributed by atoms with Crippen LogP contribution < -0.4 is 5.32 Å². The van der Waals surface area contributed by atoms with Crippen molar-refractivity contribution in [1.82, 2.24) is 5.32 Å². The molecular weight excluding hydrogens is 261 g/mol. The molecule has 0 saturated heterocycles. The number of nitrogens with one attached hydrogen (secondary N) is 1. The molecule has 112 valence electrons. The van der Waals surface area contributed by atoms with Gasteiger partial charge in [0.1, 0.15) is 5.82 Å². The maximum atomic E-state index is 13.8. The van der Waals surface area contributed by atoms with E-state index in [9.17, 15) is 4.39 Å². The van der Waals surface area contributed by atoms with Crippen LogP contribution in [0.1, 0.15) is 37.4 Å². The van der Waals surface area contributed by atoms with Crippen molar-refractivity contribution in [3.63, 3.8) is 0 Å². The largest absolute Gasteiger partial charge is 0.310 e. The molecule has 0 aliphatic heterocycles. The van der Waals surface area contributed by atoms with E-state index in [1.807, 2.05) is 18.2 Å². The van der Waals surface area contributed by atoms with Gasteiger partial charge in [0.2, 0.25) is 0 Å². The number of benzene rings is 2. The Morgan fingerprint density at radius 3 is 2.33 bits per heavy atom. The van der Waals surface area contributed by atoms with E-state index < -0.39 is 0 Å². The first-order chi connectivity index (χ1) is 10.2. The minimum Gasteiger partial charge on any atom is -0.310 e. The molecule has 0 saturated carbocycles. The predicted molar refractivity (Wildman–Crippen MR) is 86.7 cm³/mol. The van der Waals surface area contributed by atoms with Crippen molar-refractivity contribution in [3.05, 3.63) is 71.5 Å². The highest BCUT2D eigenvalue weighted by molar-refractivity contribution is 5.22. The summed E-state index contributed by atoms with van der Waals surface area (Å²) in [5, 5.41) is 3.60. The van der Waals surface area contributed by atoms with Crippen molar-refractivity contribution in [3.8, 4) is 0 Å². The predicted octanol–water partition coefficient (Wildman–Crippen LogP) is 4.75. The molecular formula is C19H24FN. The molecule has 2 aromatic carbocycles. The number of halogens is 1. The van der Waals surface area contributed by atoms with Crippen LogP contribution in [0, 0.1) is 11.7 Å². The third-order valence-corrected chi connectivity index (χ3v) is 3.84. The first-order valence-corrected chi connectivity index (χ1v) is 7.74. The topological polar surface area (TPSA) is 12.0 Å². The van der Waals surface area contributed by atoms with Gasteiger partial charge >= 0.3 is 0 Å². The molecule has 0 heterocycles. The van der Waals surface area contributed by atoms with Crippen molar-refractivity contribution < 1.29 is 4.39 Å². The van der Waals surface area contributed by atoms with Gasteiger partial charge < -0.3 is 5.32 Å². The lowest BCUT2D eigenvalue weighted by Crippen LogP contribution is -2.29. The molecule has 2 unspecified atom stereocenters. The van der Waals surface area contributed by atoms with Crippen LogP contribution in [0.3, 0.4) is 0 Å². The highest BCUT2D eigenvalue weighted by atomic mass is 19.1. The average molecular weight is 285 g/mol. The summed E-state index contributed by atoms with van der Waals surface area (Å²) in [4.78, 5) is 0. The van der Waals surface area contributed by atoms with E-state index in [1.165, 1.54) is 5.56 Å². The zero-order valence-corrected chi connectivity index (χ0v) is 12.9. The Hall–Kier alpha value is -1.67. The Kier molecular flexibility index (Phi) is 5.94. The Labute approximate surface area is 127 Å². The molecule has 1 N–H and O–H groups in total. The Balaban J connectivity index is 2.14. The SMILES string of the molecule is CCCNC(c1ccccc1)C(C)Cc1ccccc1F. The van der Waals surface area contributed by atoms with Crippen LogP contribution in [0.4, 0.5) is 4.39 Å². The monoisotopic (exact) mass is 285 g/mol. The summed E-state index contributed by atoms with van der Waals surface area (Å²) >= 11 is 0. The molecule has 21 heavy (non-hydrogen) atoms. The fourth-order valence-electron chi connectivity index (χ4n) is 2.74. The van der Waals surface area contributed by atoms with Crippen LogP contribution in [0.15, 0.2) is 54.6 Å². The van der Waals surface area contributed by atoms with Gasteiger partial charge in [0.05, 0.1) is 0 Å².